The predicted octanol–water partition coefficient (Wildman–Crippen LogP) is 1.94. The summed E-state index contributed by atoms with van der Waals surface area (Å²) in [6, 6.07) is -0.133. The monoisotopic (exact) mass is 254 g/mol. The highest BCUT2D eigenvalue weighted by Gasteiger charge is 2.38. The van der Waals surface area contributed by atoms with Crippen LogP contribution in [0.3, 0.4) is 0 Å². The molecule has 2 amide bonds. The van der Waals surface area contributed by atoms with E-state index >= 15 is 0 Å². The maximum absolute atomic E-state index is 12.6. The quantitative estimate of drug-likeness (QED) is 0.836. The summed E-state index contributed by atoms with van der Waals surface area (Å²) in [5.41, 5.74) is -0.260. The summed E-state index contributed by atoms with van der Waals surface area (Å²) < 4.78 is 0. The first-order valence-corrected chi connectivity index (χ1v) is 6.87. The first kappa shape index (κ1) is 15.0. The van der Waals surface area contributed by atoms with E-state index in [-0.39, 0.29) is 17.2 Å². The molecule has 0 aromatic rings. The molecule has 0 bridgehead atoms. The van der Waals surface area contributed by atoms with Gasteiger partial charge in [-0.2, -0.15) is 0 Å². The van der Waals surface area contributed by atoms with Crippen LogP contribution < -0.4 is 5.32 Å². The number of nitrogens with zero attached hydrogens (tertiary/aromatic N) is 1. The van der Waals surface area contributed by atoms with Gasteiger partial charge in [0.2, 0.25) is 11.8 Å². The fourth-order valence-corrected chi connectivity index (χ4v) is 2.34. The molecule has 0 spiro atoms. The molecule has 4 nitrogen and oxygen atoms in total. The average molecular weight is 254 g/mol. The third-order valence-corrected chi connectivity index (χ3v) is 3.58. The van der Waals surface area contributed by atoms with E-state index in [0.717, 1.165) is 19.4 Å². The second-order valence-corrected chi connectivity index (χ2v) is 6.24. The van der Waals surface area contributed by atoms with Gasteiger partial charge in [-0.05, 0) is 25.2 Å². The van der Waals surface area contributed by atoms with Gasteiger partial charge in [0.05, 0.1) is 0 Å². The number of likely N-dealkylation sites (tertiary alicyclic amines) is 1. The van der Waals surface area contributed by atoms with Crippen molar-refractivity contribution >= 4 is 11.8 Å². The summed E-state index contributed by atoms with van der Waals surface area (Å²) in [6.07, 6.45) is 2.53. The Bertz CT molecular complexity index is 320. The average Bonchev–Trinajstić information content (AvgIpc) is 2.69. The molecule has 1 N–H and O–H groups in total. The van der Waals surface area contributed by atoms with E-state index in [1.54, 1.807) is 6.92 Å². The van der Waals surface area contributed by atoms with Crippen molar-refractivity contribution in [3.05, 3.63) is 0 Å². The van der Waals surface area contributed by atoms with E-state index in [0.29, 0.717) is 12.5 Å². The van der Waals surface area contributed by atoms with Crippen molar-refractivity contribution in [1.82, 2.24) is 10.2 Å². The zero-order chi connectivity index (χ0) is 13.9. The summed E-state index contributed by atoms with van der Waals surface area (Å²) in [7, 11) is 0. The largest absolute Gasteiger partial charge is 0.344 e. The molecule has 0 radical (unpaired) electrons. The lowest BCUT2D eigenvalue weighted by Crippen LogP contribution is -2.55. The maximum atomic E-state index is 12.6. The summed E-state index contributed by atoms with van der Waals surface area (Å²) in [4.78, 5) is 26.1. The number of nitrogens with one attached hydrogen (secondary N) is 1. The smallest absolute Gasteiger partial charge is 0.245 e. The molecular weight excluding hydrogens is 228 g/mol. The SMILES string of the molecule is CCC(=O)NC(C(=O)N1CCCC1C)C(C)(C)C. The Balaban J connectivity index is 2.82. The Morgan fingerprint density at radius 3 is 2.39 bits per heavy atom. The van der Waals surface area contributed by atoms with Gasteiger partial charge in [-0.1, -0.05) is 27.7 Å². The molecule has 18 heavy (non-hydrogen) atoms. The minimum atomic E-state index is -0.425. The second-order valence-electron chi connectivity index (χ2n) is 6.24. The van der Waals surface area contributed by atoms with Crippen molar-refractivity contribution in [2.45, 2.75) is 66.0 Å². The molecule has 1 rings (SSSR count). The molecule has 1 heterocycles. The lowest BCUT2D eigenvalue weighted by Gasteiger charge is -2.35. The van der Waals surface area contributed by atoms with E-state index in [1.165, 1.54) is 0 Å². The number of carbonyl (C=O) groups excluding carboxylic acids is 2. The van der Waals surface area contributed by atoms with Crippen molar-refractivity contribution in [3.63, 3.8) is 0 Å². The van der Waals surface area contributed by atoms with E-state index in [2.05, 4.69) is 12.2 Å². The number of hydrogen-bond acceptors (Lipinski definition) is 2. The third-order valence-electron chi connectivity index (χ3n) is 3.58. The van der Waals surface area contributed by atoms with Gasteiger partial charge in [0.15, 0.2) is 0 Å². The number of rotatable bonds is 3. The van der Waals surface area contributed by atoms with Gasteiger partial charge < -0.3 is 10.2 Å². The summed E-state index contributed by atoms with van der Waals surface area (Å²) >= 11 is 0. The van der Waals surface area contributed by atoms with Crippen LogP contribution in [0.15, 0.2) is 0 Å². The molecule has 2 unspecified atom stereocenters. The van der Waals surface area contributed by atoms with Gasteiger partial charge in [0.1, 0.15) is 6.04 Å². The standard InChI is InChI=1S/C14H26N2O2/c1-6-11(17)15-12(14(3,4)5)13(18)16-9-7-8-10(16)2/h10,12H,6-9H2,1-5H3,(H,15,17). The Hall–Kier alpha value is -1.06. The van der Waals surface area contributed by atoms with Gasteiger partial charge >= 0.3 is 0 Å². The van der Waals surface area contributed by atoms with E-state index < -0.39 is 6.04 Å². The maximum Gasteiger partial charge on any atom is 0.245 e. The highest BCUT2D eigenvalue weighted by molar-refractivity contribution is 5.88. The highest BCUT2D eigenvalue weighted by atomic mass is 16.2. The highest BCUT2D eigenvalue weighted by Crippen LogP contribution is 2.25. The molecule has 0 aliphatic carbocycles. The van der Waals surface area contributed by atoms with Crippen molar-refractivity contribution < 1.29 is 9.59 Å². The molecular formula is C14H26N2O2. The van der Waals surface area contributed by atoms with Crippen molar-refractivity contribution in [1.29, 1.82) is 0 Å². The molecule has 1 aliphatic rings. The number of amides is 2. The second kappa shape index (κ2) is 5.72. The molecule has 2 atom stereocenters. The first-order valence-electron chi connectivity index (χ1n) is 6.87. The molecule has 104 valence electrons. The fraction of sp³-hybridized carbons (Fsp3) is 0.857. The lowest BCUT2D eigenvalue weighted by atomic mass is 9.85. The summed E-state index contributed by atoms with van der Waals surface area (Å²) in [5, 5.41) is 2.87. The Morgan fingerprint density at radius 1 is 1.39 bits per heavy atom. The minimum Gasteiger partial charge on any atom is -0.344 e. The van der Waals surface area contributed by atoms with Crippen molar-refractivity contribution in [2.75, 3.05) is 6.54 Å². The topological polar surface area (TPSA) is 49.4 Å². The van der Waals surface area contributed by atoms with Crippen LogP contribution in [0.1, 0.15) is 53.9 Å². The normalized spacial score (nSPS) is 21.8. The van der Waals surface area contributed by atoms with E-state index in [9.17, 15) is 9.59 Å². The summed E-state index contributed by atoms with van der Waals surface area (Å²) in [6.45, 7) is 10.7. The molecule has 1 aliphatic heterocycles. The van der Waals surface area contributed by atoms with Crippen LogP contribution in [-0.2, 0) is 9.59 Å². The molecule has 1 saturated heterocycles. The fourth-order valence-electron chi connectivity index (χ4n) is 2.34. The molecule has 0 saturated carbocycles. The van der Waals surface area contributed by atoms with Gasteiger partial charge in [0.25, 0.3) is 0 Å². The van der Waals surface area contributed by atoms with Gasteiger partial charge in [0, 0.05) is 19.0 Å². The van der Waals surface area contributed by atoms with Gasteiger partial charge in [-0.25, -0.2) is 0 Å². The van der Waals surface area contributed by atoms with Crippen molar-refractivity contribution in [2.24, 2.45) is 5.41 Å². The predicted molar refractivity (Wildman–Crippen MR) is 72.1 cm³/mol. The van der Waals surface area contributed by atoms with Crippen molar-refractivity contribution in [3.8, 4) is 0 Å². The zero-order valence-corrected chi connectivity index (χ0v) is 12.2. The van der Waals surface area contributed by atoms with E-state index in [1.807, 2.05) is 25.7 Å². The van der Waals surface area contributed by atoms with Crippen LogP contribution in [0.5, 0.6) is 0 Å². The van der Waals surface area contributed by atoms with Crippen LogP contribution in [0.4, 0.5) is 0 Å². The number of hydrogen-bond donors (Lipinski definition) is 1. The first-order chi connectivity index (χ1) is 8.27. The van der Waals surface area contributed by atoms with Crippen LogP contribution >= 0.6 is 0 Å². The Morgan fingerprint density at radius 2 is 2.00 bits per heavy atom. The minimum absolute atomic E-state index is 0.0601. The molecule has 1 fully saturated rings. The third kappa shape index (κ3) is 3.47. The Kier molecular flexibility index (Phi) is 4.77. The zero-order valence-electron chi connectivity index (χ0n) is 12.2. The van der Waals surface area contributed by atoms with Gasteiger partial charge in [-0.15, -0.1) is 0 Å². The lowest BCUT2D eigenvalue weighted by molar-refractivity contribution is -0.139. The van der Waals surface area contributed by atoms with Crippen LogP contribution in [-0.4, -0.2) is 35.3 Å². The van der Waals surface area contributed by atoms with Gasteiger partial charge in [-0.3, -0.25) is 9.59 Å². The van der Waals surface area contributed by atoms with E-state index in [4.69, 9.17) is 0 Å². The molecule has 4 heteroatoms. The Labute approximate surface area is 110 Å². The van der Waals surface area contributed by atoms with Crippen LogP contribution in [0.25, 0.3) is 0 Å². The van der Waals surface area contributed by atoms with Crippen LogP contribution in [0.2, 0.25) is 0 Å². The molecule has 0 aromatic carbocycles. The summed E-state index contributed by atoms with van der Waals surface area (Å²) in [5.74, 6) is 0.00410. The van der Waals surface area contributed by atoms with Crippen LogP contribution in [0, 0.1) is 5.41 Å². The number of carbonyl (C=O) groups is 2. The molecule has 0 aromatic heterocycles.